The van der Waals surface area contributed by atoms with E-state index in [4.69, 9.17) is 0 Å². The Labute approximate surface area is 149 Å². The Morgan fingerprint density at radius 2 is 1.38 bits per heavy atom. The smallest absolute Gasteiger partial charge is 0.0491 e. The van der Waals surface area contributed by atoms with Crippen molar-refractivity contribution in [3.63, 3.8) is 0 Å². The number of rotatable bonds is 1. The number of fused-ring (bicyclic) bond motifs is 4. The molecule has 1 nitrogen and oxygen atoms in total. The maximum absolute atomic E-state index is 3.69. The molecule has 1 aliphatic heterocycles. The van der Waals surface area contributed by atoms with Crippen molar-refractivity contribution in [3.05, 3.63) is 82.8 Å². The first-order valence-corrected chi connectivity index (χ1v) is 9.08. The van der Waals surface area contributed by atoms with Gasteiger partial charge in [-0.3, -0.25) is 0 Å². The van der Waals surface area contributed by atoms with Gasteiger partial charge < -0.3 is 4.90 Å². The van der Waals surface area contributed by atoms with Crippen molar-refractivity contribution in [1.82, 2.24) is 0 Å². The van der Waals surface area contributed by atoms with E-state index in [1.54, 1.807) is 0 Å². The quantitative estimate of drug-likeness (QED) is 0.370. The third kappa shape index (κ3) is 1.99. The number of hydrogen-bond acceptors (Lipinski definition) is 1. The number of nitrogens with zero attached hydrogens (tertiary/aromatic N) is 1. The Hall–Kier alpha value is -2.32. The van der Waals surface area contributed by atoms with E-state index in [-0.39, 0.29) is 0 Å². The molecule has 0 atom stereocenters. The summed E-state index contributed by atoms with van der Waals surface area (Å²) >= 11 is 3.69. The lowest BCUT2D eigenvalue weighted by molar-refractivity contribution is 1.01. The van der Waals surface area contributed by atoms with Gasteiger partial charge in [0.25, 0.3) is 0 Å². The molecular formula is C22H16BrN. The molecule has 24 heavy (non-hydrogen) atoms. The topological polar surface area (TPSA) is 3.24 Å². The van der Waals surface area contributed by atoms with Gasteiger partial charge in [-0.15, -0.1) is 0 Å². The SMILES string of the molecule is Brc1ccc(N2CCc3c2ccc2ccccc32)c2ccccc12. The van der Waals surface area contributed by atoms with Gasteiger partial charge in [-0.05, 0) is 46.3 Å². The lowest BCUT2D eigenvalue weighted by Gasteiger charge is -2.22. The minimum absolute atomic E-state index is 1.04. The van der Waals surface area contributed by atoms with Crippen molar-refractivity contribution in [3.8, 4) is 0 Å². The van der Waals surface area contributed by atoms with Crippen LogP contribution in [-0.2, 0) is 6.42 Å². The summed E-state index contributed by atoms with van der Waals surface area (Å²) in [6.45, 7) is 1.04. The fraction of sp³-hybridized carbons (Fsp3) is 0.0909. The highest BCUT2D eigenvalue weighted by Gasteiger charge is 2.23. The Morgan fingerprint density at radius 3 is 2.25 bits per heavy atom. The minimum atomic E-state index is 1.04. The Morgan fingerprint density at radius 1 is 0.667 bits per heavy atom. The molecule has 116 valence electrons. The highest BCUT2D eigenvalue weighted by Crippen LogP contribution is 2.42. The van der Waals surface area contributed by atoms with Gasteiger partial charge in [0.2, 0.25) is 0 Å². The molecule has 0 spiro atoms. The third-order valence-electron chi connectivity index (χ3n) is 5.03. The van der Waals surface area contributed by atoms with E-state index >= 15 is 0 Å². The molecule has 0 amide bonds. The molecule has 0 aliphatic carbocycles. The van der Waals surface area contributed by atoms with Crippen LogP contribution in [0, 0.1) is 0 Å². The van der Waals surface area contributed by atoms with Crippen LogP contribution in [-0.4, -0.2) is 6.54 Å². The van der Waals surface area contributed by atoms with Crippen LogP contribution < -0.4 is 4.90 Å². The summed E-state index contributed by atoms with van der Waals surface area (Å²) in [5, 5.41) is 5.29. The first-order chi connectivity index (χ1) is 11.8. The van der Waals surface area contributed by atoms with E-state index in [1.807, 2.05) is 0 Å². The molecule has 0 saturated heterocycles. The van der Waals surface area contributed by atoms with E-state index in [9.17, 15) is 0 Å². The fourth-order valence-electron chi connectivity index (χ4n) is 3.92. The third-order valence-corrected chi connectivity index (χ3v) is 5.72. The molecule has 2 heteroatoms. The predicted molar refractivity (Wildman–Crippen MR) is 106 cm³/mol. The van der Waals surface area contributed by atoms with E-state index < -0.39 is 0 Å². The van der Waals surface area contributed by atoms with Crippen molar-refractivity contribution < 1.29 is 0 Å². The molecular weight excluding hydrogens is 358 g/mol. The van der Waals surface area contributed by atoms with Gasteiger partial charge in [0.1, 0.15) is 0 Å². The first-order valence-electron chi connectivity index (χ1n) is 8.28. The van der Waals surface area contributed by atoms with Crippen molar-refractivity contribution in [2.75, 3.05) is 11.4 Å². The number of anilines is 2. The van der Waals surface area contributed by atoms with Crippen LogP contribution in [0.15, 0.2) is 77.3 Å². The predicted octanol–water partition coefficient (Wildman–Crippen LogP) is 6.45. The second-order valence-electron chi connectivity index (χ2n) is 6.30. The number of benzene rings is 4. The van der Waals surface area contributed by atoms with Gasteiger partial charge in [-0.2, -0.15) is 0 Å². The zero-order valence-corrected chi connectivity index (χ0v) is 14.8. The first kappa shape index (κ1) is 14.1. The van der Waals surface area contributed by atoms with Crippen LogP contribution in [0.5, 0.6) is 0 Å². The monoisotopic (exact) mass is 373 g/mol. The summed E-state index contributed by atoms with van der Waals surface area (Å²) in [4.78, 5) is 2.47. The van der Waals surface area contributed by atoms with Crippen LogP contribution in [0.25, 0.3) is 21.5 Å². The lowest BCUT2D eigenvalue weighted by Crippen LogP contribution is -2.13. The molecule has 1 aliphatic rings. The zero-order valence-electron chi connectivity index (χ0n) is 13.2. The second kappa shape index (κ2) is 5.35. The van der Waals surface area contributed by atoms with Gasteiger partial charge in [0.15, 0.2) is 0 Å². The molecule has 0 bridgehead atoms. The van der Waals surface area contributed by atoms with Crippen LogP contribution >= 0.6 is 15.9 Å². The molecule has 4 aromatic carbocycles. The maximum Gasteiger partial charge on any atom is 0.0491 e. The van der Waals surface area contributed by atoms with Gasteiger partial charge in [0.05, 0.1) is 0 Å². The van der Waals surface area contributed by atoms with Crippen LogP contribution in [0.4, 0.5) is 11.4 Å². The summed E-state index contributed by atoms with van der Waals surface area (Å²) in [5.41, 5.74) is 4.11. The summed E-state index contributed by atoms with van der Waals surface area (Å²) in [6, 6.07) is 26.2. The molecule has 0 aromatic heterocycles. The molecule has 0 saturated carbocycles. The molecule has 0 N–H and O–H groups in total. The van der Waals surface area contributed by atoms with Gasteiger partial charge in [0, 0.05) is 27.8 Å². The van der Waals surface area contributed by atoms with Crippen LogP contribution in [0.3, 0.4) is 0 Å². The summed E-state index contributed by atoms with van der Waals surface area (Å²) in [6.07, 6.45) is 1.10. The highest BCUT2D eigenvalue weighted by molar-refractivity contribution is 9.10. The maximum atomic E-state index is 3.69. The molecule has 0 radical (unpaired) electrons. The molecule has 0 unspecified atom stereocenters. The summed E-state index contributed by atoms with van der Waals surface area (Å²) in [7, 11) is 0. The largest absolute Gasteiger partial charge is 0.340 e. The molecule has 4 aromatic rings. The van der Waals surface area contributed by atoms with Crippen molar-refractivity contribution in [1.29, 1.82) is 0 Å². The van der Waals surface area contributed by atoms with Gasteiger partial charge in [-0.1, -0.05) is 70.5 Å². The molecule has 1 heterocycles. The van der Waals surface area contributed by atoms with Crippen LogP contribution in [0.1, 0.15) is 5.56 Å². The Kier molecular flexibility index (Phi) is 3.14. The van der Waals surface area contributed by atoms with Gasteiger partial charge >= 0.3 is 0 Å². The van der Waals surface area contributed by atoms with Crippen LogP contribution in [0.2, 0.25) is 0 Å². The molecule has 0 fully saturated rings. The fourth-order valence-corrected chi connectivity index (χ4v) is 4.39. The van der Waals surface area contributed by atoms with E-state index in [0.29, 0.717) is 0 Å². The van der Waals surface area contributed by atoms with Crippen molar-refractivity contribution in [2.45, 2.75) is 6.42 Å². The number of hydrogen-bond donors (Lipinski definition) is 0. The highest BCUT2D eigenvalue weighted by atomic mass is 79.9. The number of halogens is 1. The normalized spacial score (nSPS) is 13.6. The van der Waals surface area contributed by atoms with E-state index in [2.05, 4.69) is 93.6 Å². The van der Waals surface area contributed by atoms with Gasteiger partial charge in [-0.25, -0.2) is 0 Å². The Balaban J connectivity index is 1.75. The minimum Gasteiger partial charge on any atom is -0.340 e. The van der Waals surface area contributed by atoms with E-state index in [0.717, 1.165) is 17.4 Å². The Bertz CT molecular complexity index is 1080. The zero-order chi connectivity index (χ0) is 16.1. The average Bonchev–Trinajstić information content (AvgIpc) is 3.07. The summed E-state index contributed by atoms with van der Waals surface area (Å²) < 4.78 is 1.15. The van der Waals surface area contributed by atoms with Crippen molar-refractivity contribution in [2.24, 2.45) is 0 Å². The molecule has 5 rings (SSSR count). The second-order valence-corrected chi connectivity index (χ2v) is 7.15. The average molecular weight is 374 g/mol. The standard InChI is InChI=1S/C22H16BrN/c23-20-10-12-22(18-8-4-3-7-17(18)20)24-14-13-19-16-6-2-1-5-15(16)9-11-21(19)24/h1-12H,13-14H2. The van der Waals surface area contributed by atoms with Crippen molar-refractivity contribution >= 4 is 48.8 Å². The van der Waals surface area contributed by atoms with E-state index in [1.165, 1.54) is 38.5 Å². The lowest BCUT2D eigenvalue weighted by atomic mass is 10.0. The summed E-state index contributed by atoms with van der Waals surface area (Å²) in [5.74, 6) is 0.